The van der Waals surface area contributed by atoms with Gasteiger partial charge in [0.1, 0.15) is 0 Å². The molecule has 0 radical (unpaired) electrons. The zero-order chi connectivity index (χ0) is 17.0. The van der Waals surface area contributed by atoms with E-state index in [9.17, 15) is 16.8 Å². The number of hydrogen-bond donors (Lipinski definition) is 2. The fourth-order valence-corrected chi connectivity index (χ4v) is 4.67. The molecule has 1 heterocycles. The second-order valence-electron chi connectivity index (χ2n) is 4.87. The molecule has 1 aliphatic rings. The topological polar surface area (TPSA) is 112 Å². The second kappa shape index (κ2) is 5.21. The lowest BCUT2D eigenvalue weighted by Crippen LogP contribution is -2.15. The first-order valence-electron chi connectivity index (χ1n) is 6.22. The number of nitrogens with zero attached hydrogens (tertiary/aromatic N) is 1. The highest BCUT2D eigenvalue weighted by molar-refractivity contribution is 7.99. The Kier molecular flexibility index (Phi) is 3.69. The lowest BCUT2D eigenvalue weighted by molar-refractivity contribution is 0.481. The summed E-state index contributed by atoms with van der Waals surface area (Å²) in [6, 6.07) is 8.34. The van der Waals surface area contributed by atoms with Crippen LogP contribution in [0.3, 0.4) is 0 Å². The van der Waals surface area contributed by atoms with Crippen LogP contribution < -0.4 is 4.90 Å². The molecular weight excluding hydrogens is 362 g/mol. The van der Waals surface area contributed by atoms with E-state index in [4.69, 9.17) is 9.11 Å². The predicted octanol–water partition coefficient (Wildman–Crippen LogP) is 2.41. The van der Waals surface area contributed by atoms with Crippen LogP contribution in [-0.4, -0.2) is 33.0 Å². The van der Waals surface area contributed by atoms with Crippen LogP contribution in [0.25, 0.3) is 0 Å². The molecule has 1 aliphatic heterocycles. The van der Waals surface area contributed by atoms with Crippen molar-refractivity contribution in [2.75, 3.05) is 11.9 Å². The molecule has 2 aromatic rings. The molecule has 10 heteroatoms. The third-order valence-electron chi connectivity index (χ3n) is 3.40. The lowest BCUT2D eigenvalue weighted by Gasteiger charge is -2.29. The van der Waals surface area contributed by atoms with Crippen molar-refractivity contribution < 1.29 is 25.9 Å². The van der Waals surface area contributed by atoms with E-state index in [1.165, 1.54) is 24.3 Å². The average Bonchev–Trinajstić information content (AvgIpc) is 2.44. The minimum atomic E-state index is -4.33. The van der Waals surface area contributed by atoms with Crippen LogP contribution in [0.15, 0.2) is 56.0 Å². The summed E-state index contributed by atoms with van der Waals surface area (Å²) < 4.78 is 63.3. The van der Waals surface area contributed by atoms with E-state index < -0.39 is 20.2 Å². The van der Waals surface area contributed by atoms with Gasteiger partial charge in [0.25, 0.3) is 20.2 Å². The maximum atomic E-state index is 11.3. The number of hydrogen-bond acceptors (Lipinski definition) is 6. The Labute approximate surface area is 137 Å². The van der Waals surface area contributed by atoms with Crippen LogP contribution in [0.5, 0.6) is 0 Å². The molecule has 0 amide bonds. The highest BCUT2D eigenvalue weighted by Crippen LogP contribution is 2.48. The fourth-order valence-electron chi connectivity index (χ4n) is 2.28. The van der Waals surface area contributed by atoms with Gasteiger partial charge in [0.2, 0.25) is 0 Å². The molecular formula is C13H11NO6S3. The van der Waals surface area contributed by atoms with Crippen LogP contribution in [-0.2, 0) is 20.2 Å². The molecule has 122 valence electrons. The maximum absolute atomic E-state index is 11.3. The van der Waals surface area contributed by atoms with E-state index >= 15 is 0 Å². The van der Waals surface area contributed by atoms with Crippen molar-refractivity contribution in [3.8, 4) is 0 Å². The Morgan fingerprint density at radius 1 is 0.826 bits per heavy atom. The summed E-state index contributed by atoms with van der Waals surface area (Å²) in [5, 5.41) is 0. The molecule has 0 bridgehead atoms. The molecule has 2 N–H and O–H groups in total. The van der Waals surface area contributed by atoms with Gasteiger partial charge in [-0.2, -0.15) is 16.8 Å². The van der Waals surface area contributed by atoms with Gasteiger partial charge < -0.3 is 4.90 Å². The summed E-state index contributed by atoms with van der Waals surface area (Å²) in [7, 11) is -6.91. The van der Waals surface area contributed by atoms with E-state index in [0.29, 0.717) is 9.79 Å². The van der Waals surface area contributed by atoms with Gasteiger partial charge in [-0.15, -0.1) is 0 Å². The minimum Gasteiger partial charge on any atom is -0.343 e. The first-order valence-corrected chi connectivity index (χ1v) is 9.92. The smallest absolute Gasteiger partial charge is 0.294 e. The van der Waals surface area contributed by atoms with Crippen LogP contribution in [0, 0.1) is 0 Å². The van der Waals surface area contributed by atoms with Crippen molar-refractivity contribution in [3.63, 3.8) is 0 Å². The Morgan fingerprint density at radius 2 is 1.22 bits per heavy atom. The maximum Gasteiger partial charge on any atom is 0.294 e. The zero-order valence-corrected chi connectivity index (χ0v) is 14.1. The van der Waals surface area contributed by atoms with Crippen molar-refractivity contribution in [2.45, 2.75) is 19.6 Å². The third kappa shape index (κ3) is 2.95. The van der Waals surface area contributed by atoms with E-state index in [0.717, 1.165) is 23.1 Å². The van der Waals surface area contributed by atoms with Crippen molar-refractivity contribution in [3.05, 3.63) is 36.4 Å². The lowest BCUT2D eigenvalue weighted by atomic mass is 10.2. The van der Waals surface area contributed by atoms with Gasteiger partial charge in [-0.1, -0.05) is 11.8 Å². The molecule has 23 heavy (non-hydrogen) atoms. The number of fused-ring (bicyclic) bond motifs is 2. The van der Waals surface area contributed by atoms with Crippen LogP contribution in [0.2, 0.25) is 0 Å². The molecule has 0 fully saturated rings. The van der Waals surface area contributed by atoms with Gasteiger partial charge in [-0.05, 0) is 36.4 Å². The zero-order valence-electron chi connectivity index (χ0n) is 11.7. The van der Waals surface area contributed by atoms with Gasteiger partial charge in [0.15, 0.2) is 0 Å². The summed E-state index contributed by atoms with van der Waals surface area (Å²) in [6.45, 7) is 0. The van der Waals surface area contributed by atoms with Gasteiger partial charge >= 0.3 is 0 Å². The van der Waals surface area contributed by atoms with Gasteiger partial charge in [0, 0.05) is 16.8 Å². The molecule has 2 aromatic carbocycles. The first-order chi connectivity index (χ1) is 10.6. The molecule has 0 aromatic heterocycles. The fraction of sp³-hybridized carbons (Fsp3) is 0.0769. The Balaban J connectivity index is 2.15. The highest BCUT2D eigenvalue weighted by Gasteiger charge is 2.24. The predicted molar refractivity (Wildman–Crippen MR) is 84.7 cm³/mol. The van der Waals surface area contributed by atoms with Crippen LogP contribution in [0.1, 0.15) is 0 Å². The Morgan fingerprint density at radius 3 is 1.57 bits per heavy atom. The highest BCUT2D eigenvalue weighted by atomic mass is 32.2. The third-order valence-corrected chi connectivity index (χ3v) is 6.19. The normalized spacial score (nSPS) is 14.3. The van der Waals surface area contributed by atoms with Gasteiger partial charge in [0.05, 0.1) is 21.2 Å². The molecule has 0 aliphatic carbocycles. The van der Waals surface area contributed by atoms with Gasteiger partial charge in [-0.25, -0.2) is 0 Å². The van der Waals surface area contributed by atoms with Crippen molar-refractivity contribution in [1.82, 2.24) is 0 Å². The molecule has 0 spiro atoms. The van der Waals surface area contributed by atoms with Crippen LogP contribution >= 0.6 is 11.8 Å². The Bertz CT molecular complexity index is 933. The summed E-state index contributed by atoms with van der Waals surface area (Å²) in [5.74, 6) is 0. The molecule has 0 saturated carbocycles. The molecule has 0 saturated heterocycles. The van der Waals surface area contributed by atoms with E-state index in [1.807, 2.05) is 0 Å². The molecule has 0 unspecified atom stereocenters. The first kappa shape index (κ1) is 16.3. The molecule has 3 rings (SSSR count). The van der Waals surface area contributed by atoms with Crippen molar-refractivity contribution in [2.24, 2.45) is 0 Å². The summed E-state index contributed by atoms with van der Waals surface area (Å²) in [4.78, 5) is 2.37. The van der Waals surface area contributed by atoms with Gasteiger partial charge in [-0.3, -0.25) is 9.11 Å². The monoisotopic (exact) mass is 373 g/mol. The summed E-state index contributed by atoms with van der Waals surface area (Å²) in [6.07, 6.45) is 0. The van der Waals surface area contributed by atoms with E-state index in [2.05, 4.69) is 0 Å². The van der Waals surface area contributed by atoms with E-state index in [-0.39, 0.29) is 9.79 Å². The largest absolute Gasteiger partial charge is 0.343 e. The van der Waals surface area contributed by atoms with Crippen LogP contribution in [0.4, 0.5) is 11.4 Å². The number of anilines is 2. The Hall–Kier alpha value is -1.59. The molecule has 0 atom stereocenters. The quantitative estimate of drug-likeness (QED) is 0.772. The van der Waals surface area contributed by atoms with Crippen molar-refractivity contribution in [1.29, 1.82) is 0 Å². The second-order valence-corrected chi connectivity index (χ2v) is 8.80. The molecule has 7 nitrogen and oxygen atoms in total. The summed E-state index contributed by atoms with van der Waals surface area (Å²) in [5.41, 5.74) is 1.43. The SMILES string of the molecule is CN1c2ccc(S(=O)(=O)O)cc2Sc2cc(S(=O)(=O)O)ccc21. The van der Waals surface area contributed by atoms with Crippen molar-refractivity contribution >= 4 is 43.4 Å². The summed E-state index contributed by atoms with van der Waals surface area (Å²) >= 11 is 1.15. The standard InChI is InChI=1S/C13H11NO6S3/c1-14-10-4-2-8(22(15,16)17)6-12(10)21-13-7-9(23(18,19)20)3-5-11(13)14/h2-7H,1H3,(H,15,16,17)(H,18,19,20). The number of benzene rings is 2. The average molecular weight is 373 g/mol. The van der Waals surface area contributed by atoms with E-state index in [1.54, 1.807) is 24.1 Å². The number of rotatable bonds is 2. The minimum absolute atomic E-state index is 0.244.